The number of phenols is 1. The van der Waals surface area contributed by atoms with Crippen molar-refractivity contribution in [1.82, 2.24) is 4.90 Å². The van der Waals surface area contributed by atoms with E-state index in [0.717, 1.165) is 45.3 Å². The molecule has 2 atom stereocenters. The van der Waals surface area contributed by atoms with Gasteiger partial charge in [0.2, 0.25) is 0 Å². The summed E-state index contributed by atoms with van der Waals surface area (Å²) >= 11 is 0. The van der Waals surface area contributed by atoms with Crippen molar-refractivity contribution in [2.45, 2.75) is 76.0 Å². The molecule has 216 valence electrons. The van der Waals surface area contributed by atoms with E-state index in [1.165, 1.54) is 79.3 Å². The van der Waals surface area contributed by atoms with Crippen LogP contribution < -0.4 is 4.90 Å². The van der Waals surface area contributed by atoms with Crippen LogP contribution in [-0.2, 0) is 11.2 Å². The molecule has 1 spiro atoms. The molecule has 2 saturated heterocycles. The van der Waals surface area contributed by atoms with E-state index in [-0.39, 0.29) is 0 Å². The molecule has 2 fully saturated rings. The summed E-state index contributed by atoms with van der Waals surface area (Å²) in [5.74, 6) is 1.10. The molecule has 0 saturated carbocycles. The third-order valence-corrected chi connectivity index (χ3v) is 10.4. The van der Waals surface area contributed by atoms with E-state index in [1.54, 1.807) is 0 Å². The SMILES string of the molecule is O=CCN1CCCC2(CCC1)CCCN(c1ccc([C@H]3c4ccc(O)cc4CC[C@H]3c3ccccc3)cc1)CCC2. The van der Waals surface area contributed by atoms with E-state index < -0.39 is 0 Å². The number of aldehydes is 1. The highest BCUT2D eigenvalue weighted by Gasteiger charge is 2.34. The Morgan fingerprint density at radius 2 is 1.44 bits per heavy atom. The predicted octanol–water partition coefficient (Wildman–Crippen LogP) is 7.70. The topological polar surface area (TPSA) is 43.8 Å². The van der Waals surface area contributed by atoms with Gasteiger partial charge < -0.3 is 14.8 Å². The van der Waals surface area contributed by atoms with Crippen LogP contribution in [0, 0.1) is 5.41 Å². The first-order chi connectivity index (χ1) is 20.1. The lowest BCUT2D eigenvalue weighted by Crippen LogP contribution is -2.36. The monoisotopic (exact) mass is 550 g/mol. The lowest BCUT2D eigenvalue weighted by atomic mass is 9.69. The van der Waals surface area contributed by atoms with E-state index in [2.05, 4.69) is 70.5 Å². The molecule has 0 bridgehead atoms. The van der Waals surface area contributed by atoms with Crippen LogP contribution in [0.2, 0.25) is 0 Å². The summed E-state index contributed by atoms with van der Waals surface area (Å²) in [6, 6.07) is 26.4. The third-order valence-electron chi connectivity index (χ3n) is 10.4. The molecule has 3 aromatic carbocycles. The second kappa shape index (κ2) is 12.8. The van der Waals surface area contributed by atoms with Crippen LogP contribution in [0.4, 0.5) is 5.69 Å². The number of aromatic hydroxyl groups is 1. The molecule has 0 aromatic heterocycles. The van der Waals surface area contributed by atoms with Gasteiger partial charge in [-0.2, -0.15) is 0 Å². The minimum atomic E-state index is 0.296. The van der Waals surface area contributed by atoms with Crippen molar-refractivity contribution in [2.24, 2.45) is 5.41 Å². The zero-order valence-corrected chi connectivity index (χ0v) is 24.5. The van der Waals surface area contributed by atoms with Gasteiger partial charge >= 0.3 is 0 Å². The van der Waals surface area contributed by atoms with Gasteiger partial charge in [0.25, 0.3) is 0 Å². The second-order valence-corrected chi connectivity index (χ2v) is 12.9. The Morgan fingerprint density at radius 1 is 0.780 bits per heavy atom. The summed E-state index contributed by atoms with van der Waals surface area (Å²) in [5.41, 5.74) is 7.29. The Kier molecular flexibility index (Phi) is 8.76. The van der Waals surface area contributed by atoms with Crippen molar-refractivity contribution >= 4 is 12.0 Å². The van der Waals surface area contributed by atoms with Crippen molar-refractivity contribution in [3.8, 4) is 5.75 Å². The van der Waals surface area contributed by atoms with Gasteiger partial charge in [0.15, 0.2) is 0 Å². The number of hydrogen-bond donors (Lipinski definition) is 1. The number of nitrogens with zero attached hydrogens (tertiary/aromatic N) is 2. The summed E-state index contributed by atoms with van der Waals surface area (Å²) in [6.45, 7) is 5.03. The van der Waals surface area contributed by atoms with Crippen LogP contribution in [0.1, 0.15) is 91.9 Å². The minimum Gasteiger partial charge on any atom is -0.508 e. The highest BCUT2D eigenvalue weighted by Crippen LogP contribution is 2.47. The Hall–Kier alpha value is -3.11. The van der Waals surface area contributed by atoms with Gasteiger partial charge in [0.1, 0.15) is 12.0 Å². The fourth-order valence-electron chi connectivity index (χ4n) is 8.34. The van der Waals surface area contributed by atoms with Crippen LogP contribution in [0.25, 0.3) is 0 Å². The van der Waals surface area contributed by atoms with Crippen LogP contribution in [0.3, 0.4) is 0 Å². The zero-order valence-electron chi connectivity index (χ0n) is 24.5. The lowest BCUT2D eigenvalue weighted by molar-refractivity contribution is -0.109. The van der Waals surface area contributed by atoms with Gasteiger partial charge in [-0.15, -0.1) is 0 Å². The maximum Gasteiger partial charge on any atom is 0.133 e. The van der Waals surface area contributed by atoms with E-state index in [1.807, 2.05) is 12.1 Å². The Bertz CT molecular complexity index is 1270. The molecule has 41 heavy (non-hydrogen) atoms. The number of fused-ring (bicyclic) bond motifs is 1. The van der Waals surface area contributed by atoms with Crippen molar-refractivity contribution in [3.63, 3.8) is 0 Å². The van der Waals surface area contributed by atoms with Gasteiger partial charge in [0.05, 0.1) is 6.54 Å². The summed E-state index contributed by atoms with van der Waals surface area (Å²) in [6.07, 6.45) is 13.4. The Balaban J connectivity index is 1.15. The van der Waals surface area contributed by atoms with Crippen LogP contribution in [-0.4, -0.2) is 49.0 Å². The molecule has 1 N–H and O–H groups in total. The first kappa shape index (κ1) is 28.0. The van der Waals surface area contributed by atoms with E-state index in [9.17, 15) is 9.90 Å². The normalized spacial score (nSPS) is 23.6. The van der Waals surface area contributed by atoms with Gasteiger partial charge in [-0.25, -0.2) is 0 Å². The molecule has 6 rings (SSSR count). The van der Waals surface area contributed by atoms with Crippen LogP contribution in [0.5, 0.6) is 5.75 Å². The van der Waals surface area contributed by atoms with Crippen LogP contribution >= 0.6 is 0 Å². The second-order valence-electron chi connectivity index (χ2n) is 12.9. The van der Waals surface area contributed by atoms with E-state index in [4.69, 9.17) is 0 Å². The molecule has 4 heteroatoms. The average Bonchev–Trinajstić information content (AvgIpc) is 2.97. The molecule has 2 aliphatic heterocycles. The van der Waals surface area contributed by atoms with Crippen molar-refractivity contribution in [3.05, 3.63) is 95.1 Å². The zero-order chi connectivity index (χ0) is 28.1. The lowest BCUT2D eigenvalue weighted by Gasteiger charge is -2.41. The van der Waals surface area contributed by atoms with Gasteiger partial charge in [-0.3, -0.25) is 4.90 Å². The molecule has 1 aliphatic carbocycles. The number of aryl methyl sites for hydroxylation is 1. The van der Waals surface area contributed by atoms with Crippen molar-refractivity contribution in [2.75, 3.05) is 37.6 Å². The highest BCUT2D eigenvalue weighted by atomic mass is 16.3. The summed E-state index contributed by atoms with van der Waals surface area (Å²) in [7, 11) is 0. The Morgan fingerprint density at radius 3 is 2.10 bits per heavy atom. The predicted molar refractivity (Wildman–Crippen MR) is 168 cm³/mol. The Labute approximate surface area is 246 Å². The highest BCUT2D eigenvalue weighted by molar-refractivity contribution is 5.53. The van der Waals surface area contributed by atoms with Crippen molar-refractivity contribution in [1.29, 1.82) is 0 Å². The molecule has 0 amide bonds. The fourth-order valence-corrected chi connectivity index (χ4v) is 8.34. The summed E-state index contributed by atoms with van der Waals surface area (Å²) in [5, 5.41) is 10.2. The van der Waals surface area contributed by atoms with Crippen molar-refractivity contribution < 1.29 is 9.90 Å². The summed E-state index contributed by atoms with van der Waals surface area (Å²) in [4.78, 5) is 15.9. The molecule has 4 nitrogen and oxygen atoms in total. The fraction of sp³-hybridized carbons (Fsp3) is 0.486. The van der Waals surface area contributed by atoms with Gasteiger partial charge in [-0.05, 0) is 135 Å². The molecule has 3 aromatic rings. The first-order valence-electron chi connectivity index (χ1n) is 16.0. The number of carbonyl (C=O) groups excluding carboxylic acids is 1. The molecule has 2 heterocycles. The molecular formula is C37H46N2O2. The molecule has 0 radical (unpaired) electrons. The molecule has 3 aliphatic rings. The largest absolute Gasteiger partial charge is 0.508 e. The average molecular weight is 551 g/mol. The number of benzene rings is 3. The number of carbonyl (C=O) groups is 1. The number of phenolic OH excluding ortho intramolecular Hbond substituents is 1. The maximum atomic E-state index is 11.0. The first-order valence-corrected chi connectivity index (χ1v) is 16.0. The number of rotatable bonds is 5. The smallest absolute Gasteiger partial charge is 0.133 e. The van der Waals surface area contributed by atoms with Gasteiger partial charge in [0, 0.05) is 24.7 Å². The van der Waals surface area contributed by atoms with Crippen LogP contribution in [0.15, 0.2) is 72.8 Å². The van der Waals surface area contributed by atoms with E-state index in [0.29, 0.717) is 29.5 Å². The summed E-state index contributed by atoms with van der Waals surface area (Å²) < 4.78 is 0. The third kappa shape index (κ3) is 6.38. The standard InChI is InChI=1S/C37H46N2O2/c40-27-26-38-22-4-18-37(19-5-23-38)20-6-24-39(25-7-21-37)32-13-10-30(11-14-32)36-34(29-8-2-1-3-9-29)16-12-31-28-33(41)15-17-35(31)36/h1-3,8-11,13-15,17,27-28,34,36,41H,4-7,12,16,18-26H2/t34-,36+/m0/s1. The number of likely N-dealkylation sites (tertiary alicyclic amines) is 1. The quantitative estimate of drug-likeness (QED) is 0.331. The molecular weight excluding hydrogens is 504 g/mol. The number of hydrogen-bond acceptors (Lipinski definition) is 4. The molecule has 0 unspecified atom stereocenters. The minimum absolute atomic E-state index is 0.296. The maximum absolute atomic E-state index is 11.0. The van der Waals surface area contributed by atoms with E-state index >= 15 is 0 Å². The van der Waals surface area contributed by atoms with Gasteiger partial charge in [-0.1, -0.05) is 48.5 Å². The number of anilines is 1.